The van der Waals surface area contributed by atoms with Gasteiger partial charge in [0, 0.05) is 18.3 Å². The lowest BCUT2D eigenvalue weighted by molar-refractivity contribution is -0.384. The Kier molecular flexibility index (Phi) is 10.9. The largest absolute Gasteiger partial charge is 0.457 e. The van der Waals surface area contributed by atoms with Crippen LogP contribution in [-0.2, 0) is 33.2 Å². The summed E-state index contributed by atoms with van der Waals surface area (Å²) in [5.41, 5.74) is -3.61. The van der Waals surface area contributed by atoms with Crippen molar-refractivity contribution in [1.82, 2.24) is 0 Å². The summed E-state index contributed by atoms with van der Waals surface area (Å²) in [7, 11) is 0. The third kappa shape index (κ3) is 6.16. The van der Waals surface area contributed by atoms with Crippen LogP contribution in [-0.4, -0.2) is 156 Å². The van der Waals surface area contributed by atoms with Crippen molar-refractivity contribution in [3.63, 3.8) is 0 Å². The van der Waals surface area contributed by atoms with Crippen LogP contribution < -0.4 is 0 Å². The van der Waals surface area contributed by atoms with E-state index in [0.717, 1.165) is 38.5 Å². The maximum Gasteiger partial charge on any atom is 0.303 e. The minimum absolute atomic E-state index is 0.0179. The topological polar surface area (TPSA) is 255 Å². The zero-order valence-corrected chi connectivity index (χ0v) is 35.8. The van der Waals surface area contributed by atoms with Gasteiger partial charge in [0.15, 0.2) is 24.5 Å². The second-order valence-corrected chi connectivity index (χ2v) is 21.6. The van der Waals surface area contributed by atoms with E-state index in [1.807, 2.05) is 6.92 Å². The summed E-state index contributed by atoms with van der Waals surface area (Å²) in [6, 6.07) is 0. The Bertz CT molecular complexity index is 1600. The van der Waals surface area contributed by atoms with Crippen molar-refractivity contribution in [1.29, 1.82) is 0 Å². The van der Waals surface area contributed by atoms with Crippen molar-refractivity contribution in [2.75, 3.05) is 13.2 Å². The van der Waals surface area contributed by atoms with Crippen LogP contribution in [0, 0.1) is 50.7 Å². The average molecular weight is 843 g/mol. The Hall–Kier alpha value is -1.09. The highest BCUT2D eigenvalue weighted by Crippen LogP contribution is 2.90. The third-order valence-corrected chi connectivity index (χ3v) is 18.0. The number of hydrogen-bond donors (Lipinski definition) is 9. The van der Waals surface area contributed by atoms with Crippen molar-refractivity contribution in [2.24, 2.45) is 50.7 Å². The first-order valence-electron chi connectivity index (χ1n) is 21.9. The molecule has 9 N–H and O–H groups in total. The summed E-state index contributed by atoms with van der Waals surface area (Å²) in [4.78, 5) is 12.4. The third-order valence-electron chi connectivity index (χ3n) is 18.0. The van der Waals surface area contributed by atoms with Gasteiger partial charge in [-0.1, -0.05) is 34.6 Å². The van der Waals surface area contributed by atoms with Gasteiger partial charge in [-0.25, -0.2) is 0 Å². The van der Waals surface area contributed by atoms with E-state index < -0.39 is 114 Å². The molecule has 0 aromatic rings. The van der Waals surface area contributed by atoms with E-state index in [-0.39, 0.29) is 46.7 Å². The van der Waals surface area contributed by atoms with Crippen molar-refractivity contribution in [2.45, 2.75) is 198 Å². The molecular weight excluding hydrogens is 772 g/mol. The van der Waals surface area contributed by atoms with Gasteiger partial charge in [0.05, 0.1) is 24.9 Å². The van der Waals surface area contributed by atoms with Gasteiger partial charge in [-0.05, 0) is 105 Å². The Morgan fingerprint density at radius 2 is 1.49 bits per heavy atom. The number of esters is 1. The smallest absolute Gasteiger partial charge is 0.303 e. The maximum atomic E-state index is 13.5. The molecule has 22 atom stereocenters. The summed E-state index contributed by atoms with van der Waals surface area (Å²) in [5.74, 6) is -3.23. The lowest BCUT2D eigenvalue weighted by atomic mass is 9.41. The van der Waals surface area contributed by atoms with Crippen LogP contribution in [0.3, 0.4) is 0 Å². The van der Waals surface area contributed by atoms with Gasteiger partial charge >= 0.3 is 5.97 Å². The van der Waals surface area contributed by atoms with Crippen molar-refractivity contribution in [3.8, 4) is 0 Å². The minimum atomic E-state index is -2.07. The minimum Gasteiger partial charge on any atom is -0.457 e. The quantitative estimate of drug-likeness (QED) is 0.119. The van der Waals surface area contributed by atoms with E-state index >= 15 is 0 Å². The molecule has 3 saturated heterocycles. The fourth-order valence-electron chi connectivity index (χ4n) is 15.3. The predicted octanol–water partition coefficient (Wildman–Crippen LogP) is 0.471. The first-order chi connectivity index (χ1) is 27.4. The molecule has 8 aliphatic rings. The summed E-state index contributed by atoms with van der Waals surface area (Å²) < 4.78 is 37.6. The molecule has 0 aromatic carbocycles. The van der Waals surface area contributed by atoms with E-state index in [2.05, 4.69) is 27.7 Å². The van der Waals surface area contributed by atoms with Crippen LogP contribution in [0.5, 0.6) is 0 Å². The van der Waals surface area contributed by atoms with Gasteiger partial charge in [0.25, 0.3) is 0 Å². The van der Waals surface area contributed by atoms with E-state index in [0.29, 0.717) is 12.8 Å². The van der Waals surface area contributed by atoms with Crippen molar-refractivity contribution >= 4 is 5.97 Å². The fraction of sp³-hybridized carbons (Fsp3) is 0.977. The molecule has 0 radical (unpaired) electrons. The summed E-state index contributed by atoms with van der Waals surface area (Å²) in [6.45, 7) is 14.3. The molecule has 0 bridgehead atoms. The Balaban J connectivity index is 1.17. The SMILES string of the molecule is CC(=O)O[C@@H]([C@H]1C[C@@H](C)[C@H]2[C@@](O)(O1)[C@H](O[C@@H]1O[C@H](CO)[C@@H](O)[C@H](O)[C@H]1O)[C@@]1(C)[C@@H]3CC[C@H]4C(C)(C)[C@@H](O[C@@H]5OC[C@H](O)[C@H](O)[C@H]5O)CC[C@@]45C[C@@]35CC[C@]21C)C(C)(C)O. The molecule has 3 heterocycles. The number of ether oxygens (including phenoxy) is 6. The second kappa shape index (κ2) is 14.5. The van der Waals surface area contributed by atoms with Crippen LogP contribution >= 0.6 is 0 Å². The van der Waals surface area contributed by atoms with Gasteiger partial charge in [-0.15, -0.1) is 0 Å². The molecular formula is C43H70O16. The molecule has 8 rings (SSSR count). The molecule has 5 saturated carbocycles. The van der Waals surface area contributed by atoms with Crippen molar-refractivity contribution in [3.05, 3.63) is 0 Å². The average Bonchev–Trinajstić information content (AvgIpc) is 3.79. The lowest BCUT2D eigenvalue weighted by Crippen LogP contribution is -2.65. The molecule has 338 valence electrons. The summed E-state index contributed by atoms with van der Waals surface area (Å²) in [6.07, 6.45) is -10.5. The second-order valence-electron chi connectivity index (χ2n) is 21.6. The van der Waals surface area contributed by atoms with Gasteiger partial charge in [-0.3, -0.25) is 4.79 Å². The molecule has 2 spiro atoms. The van der Waals surface area contributed by atoms with Gasteiger partial charge in [-0.2, -0.15) is 0 Å². The molecule has 8 fully saturated rings. The zero-order valence-electron chi connectivity index (χ0n) is 35.8. The molecule has 0 unspecified atom stereocenters. The molecule has 0 aromatic heterocycles. The highest BCUT2D eigenvalue weighted by atomic mass is 16.7. The number of fused-ring (bicyclic) bond motifs is 4. The molecule has 16 heteroatoms. The Morgan fingerprint density at radius 1 is 0.847 bits per heavy atom. The van der Waals surface area contributed by atoms with Crippen LogP contribution in [0.15, 0.2) is 0 Å². The number of aliphatic hydroxyl groups is 9. The van der Waals surface area contributed by atoms with Gasteiger partial charge in [0.2, 0.25) is 0 Å². The van der Waals surface area contributed by atoms with Crippen LogP contribution in [0.4, 0.5) is 0 Å². The fourth-order valence-corrected chi connectivity index (χ4v) is 15.3. The molecule has 0 amide bonds. The van der Waals surface area contributed by atoms with Crippen LogP contribution in [0.25, 0.3) is 0 Å². The summed E-state index contributed by atoms with van der Waals surface area (Å²) in [5, 5.41) is 99.1. The summed E-state index contributed by atoms with van der Waals surface area (Å²) >= 11 is 0. The Morgan fingerprint density at radius 3 is 2.14 bits per heavy atom. The van der Waals surface area contributed by atoms with Gasteiger partial charge in [0.1, 0.15) is 54.9 Å². The van der Waals surface area contributed by atoms with Crippen molar-refractivity contribution < 1.29 is 79.2 Å². The van der Waals surface area contributed by atoms with E-state index in [4.69, 9.17) is 28.4 Å². The molecule has 16 nitrogen and oxygen atoms in total. The number of hydrogen-bond acceptors (Lipinski definition) is 16. The van der Waals surface area contributed by atoms with E-state index in [9.17, 15) is 50.8 Å². The highest BCUT2D eigenvalue weighted by molar-refractivity contribution is 5.66. The van der Waals surface area contributed by atoms with Crippen LogP contribution in [0.2, 0.25) is 0 Å². The first-order valence-corrected chi connectivity index (χ1v) is 21.9. The Labute approximate surface area is 346 Å². The standard InChI is InChI=1S/C43H70O16/c1-19-15-22(33(38(5,6)52)55-20(2)45)59-43(53)32(19)39(7)13-14-42-18-41(42)12-11-26(57-34-30(50)27(47)21(46)17-54-34)37(3,4)24(41)9-10-25(42)40(39,8)36(43)58-35-31(51)29(49)28(48)23(16-44)56-35/h19,21-36,44,46-53H,9-18H2,1-8H3/t19-,21+,22-,23-,24+,25+,26+,27+,28-,29+,30-,31-,32-,33+,34+,35+,36-,39-,40-,41-,42+,43-/m1/s1. The van der Waals surface area contributed by atoms with E-state index in [1.165, 1.54) is 20.8 Å². The highest BCUT2D eigenvalue weighted by Gasteiger charge is 2.87. The number of carbonyl (C=O) groups is 1. The molecule has 59 heavy (non-hydrogen) atoms. The number of rotatable bonds is 8. The van der Waals surface area contributed by atoms with Gasteiger partial charge < -0.3 is 74.4 Å². The van der Waals surface area contributed by atoms with E-state index in [1.54, 1.807) is 0 Å². The van der Waals surface area contributed by atoms with Crippen LogP contribution in [0.1, 0.15) is 107 Å². The predicted molar refractivity (Wildman–Crippen MR) is 204 cm³/mol. The normalized spacial score (nSPS) is 55.7. The number of aliphatic hydroxyl groups excluding tert-OH is 7. The number of carbonyl (C=O) groups excluding carboxylic acids is 1. The zero-order chi connectivity index (χ0) is 43.2. The first kappa shape index (κ1) is 44.5. The monoisotopic (exact) mass is 842 g/mol. The molecule has 5 aliphatic carbocycles. The molecule has 3 aliphatic heterocycles. The lowest BCUT2D eigenvalue weighted by Gasteiger charge is -2.64. The maximum absolute atomic E-state index is 13.5.